The van der Waals surface area contributed by atoms with Gasteiger partial charge in [0.1, 0.15) is 0 Å². The third kappa shape index (κ3) is 4.43. The number of hydrogen-bond acceptors (Lipinski definition) is 2. The second kappa shape index (κ2) is 11.8. The summed E-state index contributed by atoms with van der Waals surface area (Å²) >= 11 is -0.302. The molecule has 0 saturated carbocycles. The second-order valence-electron chi connectivity index (χ2n) is 14.9. The number of rotatable bonds is 3. The number of para-hydroxylation sites is 3. The first kappa shape index (κ1) is 31.4. The van der Waals surface area contributed by atoms with E-state index in [1.807, 2.05) is 0 Å². The van der Waals surface area contributed by atoms with E-state index in [1.54, 1.807) is 0 Å². The van der Waals surface area contributed by atoms with Crippen LogP contribution >= 0.6 is 0 Å². The van der Waals surface area contributed by atoms with E-state index in [4.69, 9.17) is 9.97 Å². The topological polar surface area (TPSA) is 35.6 Å². The van der Waals surface area contributed by atoms with Crippen LogP contribution < -0.4 is 21.2 Å². The molecule has 13 rings (SSSR count). The summed E-state index contributed by atoms with van der Waals surface area (Å²) in [5.41, 5.74) is 12.1. The summed E-state index contributed by atoms with van der Waals surface area (Å²) in [6, 6.07) is 66.4. The van der Waals surface area contributed by atoms with E-state index < -0.39 is 0 Å². The van der Waals surface area contributed by atoms with Gasteiger partial charge in [-0.25, -0.2) is 0 Å². The van der Waals surface area contributed by atoms with Crippen LogP contribution in [-0.4, -0.2) is 19.1 Å². The molecule has 3 aromatic heterocycles. The molecule has 0 amide bonds. The van der Waals surface area contributed by atoms with Gasteiger partial charge in [0.25, 0.3) is 0 Å². The van der Waals surface area contributed by atoms with Crippen LogP contribution in [0.3, 0.4) is 0 Å². The van der Waals surface area contributed by atoms with Crippen LogP contribution in [0.2, 0.25) is 0 Å². The van der Waals surface area contributed by atoms with E-state index in [2.05, 4.69) is 191 Å². The Morgan fingerprint density at radius 2 is 1.07 bits per heavy atom. The Morgan fingerprint density at radius 1 is 0.404 bits per heavy atom. The van der Waals surface area contributed by atoms with Crippen LogP contribution in [0.15, 0.2) is 182 Å². The Kier molecular flexibility index (Phi) is 6.52. The van der Waals surface area contributed by atoms with Gasteiger partial charge in [0.15, 0.2) is 0 Å². The van der Waals surface area contributed by atoms with Gasteiger partial charge in [0.05, 0.1) is 0 Å². The third-order valence-electron chi connectivity index (χ3n) is 11.8. The van der Waals surface area contributed by atoms with Crippen molar-refractivity contribution in [3.8, 4) is 33.9 Å². The van der Waals surface area contributed by atoms with Gasteiger partial charge in [-0.15, -0.1) is 0 Å². The van der Waals surface area contributed by atoms with Gasteiger partial charge in [-0.3, -0.25) is 0 Å². The predicted molar refractivity (Wildman–Crippen MR) is 231 cm³/mol. The van der Waals surface area contributed by atoms with Crippen molar-refractivity contribution in [2.24, 2.45) is 0 Å². The minimum atomic E-state index is -0.302. The Morgan fingerprint density at radius 3 is 1.96 bits per heavy atom. The van der Waals surface area contributed by atoms with Gasteiger partial charge < -0.3 is 0 Å². The summed E-state index contributed by atoms with van der Waals surface area (Å²) in [6.45, 7) is 0. The van der Waals surface area contributed by atoms with E-state index in [-0.39, 0.29) is 21.2 Å². The molecule has 4 heterocycles. The van der Waals surface area contributed by atoms with Crippen molar-refractivity contribution >= 4 is 76.2 Å². The average Bonchev–Trinajstić information content (AvgIpc) is 3.94. The summed E-state index contributed by atoms with van der Waals surface area (Å²) in [7, 11) is 0. The van der Waals surface area contributed by atoms with E-state index in [1.165, 1.54) is 72.4 Å². The quantitative estimate of drug-likeness (QED) is 0.166. The molecule has 0 bridgehead atoms. The zero-order valence-corrected chi connectivity index (χ0v) is 32.6. The van der Waals surface area contributed by atoms with Crippen molar-refractivity contribution in [1.29, 1.82) is 0 Å². The summed E-state index contributed by atoms with van der Waals surface area (Å²) in [5.74, 6) is 0.838. The van der Waals surface area contributed by atoms with Crippen LogP contribution in [0.5, 0.6) is 0 Å². The molecule has 57 heavy (non-hydrogen) atoms. The van der Waals surface area contributed by atoms with E-state index in [9.17, 15) is 0 Å². The average molecular weight is 838 g/mol. The number of fused-ring (bicyclic) bond motifs is 14. The zero-order valence-electron chi connectivity index (χ0n) is 30.5. The molecule has 0 saturated heterocycles. The third-order valence-corrected chi connectivity index (χ3v) is 14.8. The SMILES string of the molecule is c1ccc2c(c1)[I-]c1cccc(-c3nc4ccccc4nc3-n3c4cc(-n5c6ccccc6c6ccc7ccccc7c65)ccc4c4c5ccccc5ccc43)c1-2. The van der Waals surface area contributed by atoms with Crippen LogP contribution in [0, 0.1) is 7.14 Å². The maximum absolute atomic E-state index is 5.59. The molecule has 0 spiro atoms. The zero-order chi connectivity index (χ0) is 37.2. The number of aromatic nitrogens is 4. The summed E-state index contributed by atoms with van der Waals surface area (Å²) < 4.78 is 7.75. The summed E-state index contributed by atoms with van der Waals surface area (Å²) in [5, 5.41) is 9.81. The Bertz CT molecular complexity index is 3690. The molecule has 266 valence electrons. The van der Waals surface area contributed by atoms with Gasteiger partial charge in [-0.2, -0.15) is 0 Å². The Labute approximate surface area is 337 Å². The van der Waals surface area contributed by atoms with Crippen LogP contribution in [0.25, 0.3) is 110 Å². The first-order chi connectivity index (χ1) is 28.3. The van der Waals surface area contributed by atoms with Crippen molar-refractivity contribution in [2.45, 2.75) is 0 Å². The molecule has 1 aliphatic rings. The monoisotopic (exact) mass is 837 g/mol. The fraction of sp³-hybridized carbons (Fsp3) is 0. The van der Waals surface area contributed by atoms with Gasteiger partial charge in [0.2, 0.25) is 0 Å². The molecular weight excluding hydrogens is 808 g/mol. The molecule has 0 N–H and O–H groups in total. The van der Waals surface area contributed by atoms with E-state index >= 15 is 0 Å². The fourth-order valence-corrected chi connectivity index (χ4v) is 12.4. The van der Waals surface area contributed by atoms with E-state index in [0.29, 0.717) is 0 Å². The molecule has 0 fully saturated rings. The molecule has 9 aromatic carbocycles. The molecule has 1 aliphatic heterocycles. The minimum absolute atomic E-state index is 0.302. The number of hydrogen-bond donors (Lipinski definition) is 0. The van der Waals surface area contributed by atoms with Gasteiger partial charge in [-0.05, 0) is 5.39 Å². The van der Waals surface area contributed by atoms with Crippen molar-refractivity contribution in [2.75, 3.05) is 0 Å². The molecule has 0 unspecified atom stereocenters. The van der Waals surface area contributed by atoms with Gasteiger partial charge in [-0.1, -0.05) is 54.6 Å². The first-order valence-corrected chi connectivity index (χ1v) is 21.5. The Hall–Kier alpha value is -6.83. The van der Waals surface area contributed by atoms with Crippen molar-refractivity contribution in [3.05, 3.63) is 189 Å². The van der Waals surface area contributed by atoms with E-state index in [0.717, 1.165) is 44.8 Å². The number of nitrogens with zero attached hydrogens (tertiary/aromatic N) is 4. The summed E-state index contributed by atoms with van der Waals surface area (Å²) in [4.78, 5) is 11.1. The maximum atomic E-state index is 5.59. The standard InChI is InChI=1S/C52H30IN4/c1-3-14-34-31(12-1)25-29-46-49(34)39-28-26-33(56-45-23-10-6-16-36(45)37-27-24-32-13-2-4-15-35(32)51(37)56)30-47(39)57(46)52-50(54-43-21-8-9-22-44(43)55-52)40-18-11-20-42-48(40)38-17-5-7-19-41(38)53-42/h1-30H/q-1. The second-order valence-corrected chi connectivity index (χ2v) is 17.7. The van der Waals surface area contributed by atoms with Crippen LogP contribution in [-0.2, 0) is 0 Å². The molecule has 0 aliphatic carbocycles. The number of benzene rings is 9. The van der Waals surface area contributed by atoms with Crippen molar-refractivity contribution in [3.63, 3.8) is 0 Å². The van der Waals surface area contributed by atoms with Crippen LogP contribution in [0.4, 0.5) is 0 Å². The molecular formula is C52H30IN4-. The molecule has 4 nitrogen and oxygen atoms in total. The molecule has 5 heteroatoms. The summed E-state index contributed by atoms with van der Waals surface area (Å²) in [6.07, 6.45) is 0. The molecule has 0 atom stereocenters. The fourth-order valence-electron chi connectivity index (χ4n) is 9.40. The predicted octanol–water partition coefficient (Wildman–Crippen LogP) is 9.91. The van der Waals surface area contributed by atoms with Gasteiger partial charge in [0, 0.05) is 0 Å². The number of halogens is 1. The van der Waals surface area contributed by atoms with Crippen molar-refractivity contribution in [1.82, 2.24) is 19.1 Å². The Balaban J connectivity index is 1.19. The molecule has 0 radical (unpaired) electrons. The first-order valence-electron chi connectivity index (χ1n) is 19.3. The normalized spacial score (nSPS) is 12.6. The van der Waals surface area contributed by atoms with Gasteiger partial charge >= 0.3 is 280 Å². The molecule has 12 aromatic rings. The van der Waals surface area contributed by atoms with Crippen molar-refractivity contribution < 1.29 is 21.2 Å². The van der Waals surface area contributed by atoms with Crippen LogP contribution in [0.1, 0.15) is 0 Å².